The van der Waals surface area contributed by atoms with Gasteiger partial charge in [-0.2, -0.15) is 0 Å². The minimum Gasteiger partial charge on any atom is -0.481 e. The standard InChI is InChI=1S/C15H17N5O3/c1-10-2-3-11(15(22)23)9-19(10)14(21)12-6-13(8-16-7-12)20-5-4-17-18-20/h4-8,10-11H,2-3,9H2,1H3,(H,22,23). The van der Waals surface area contributed by atoms with E-state index in [9.17, 15) is 14.7 Å². The molecule has 0 aromatic carbocycles. The lowest BCUT2D eigenvalue weighted by atomic mass is 9.93. The van der Waals surface area contributed by atoms with Crippen LogP contribution in [0, 0.1) is 5.92 Å². The van der Waals surface area contributed by atoms with Gasteiger partial charge in [0.15, 0.2) is 0 Å². The van der Waals surface area contributed by atoms with Crippen molar-refractivity contribution in [1.29, 1.82) is 0 Å². The number of nitrogens with zero attached hydrogens (tertiary/aromatic N) is 5. The third-order valence-corrected chi connectivity index (χ3v) is 4.15. The van der Waals surface area contributed by atoms with Crippen LogP contribution in [-0.4, -0.2) is 54.4 Å². The summed E-state index contributed by atoms with van der Waals surface area (Å²) in [6.07, 6.45) is 7.55. The van der Waals surface area contributed by atoms with Crippen molar-refractivity contribution in [2.75, 3.05) is 6.54 Å². The van der Waals surface area contributed by atoms with Gasteiger partial charge in [0.05, 0.1) is 35.8 Å². The van der Waals surface area contributed by atoms with Gasteiger partial charge in [-0.25, -0.2) is 4.68 Å². The Morgan fingerprint density at radius 1 is 1.30 bits per heavy atom. The minimum absolute atomic E-state index is 0.00752. The number of hydrogen-bond donors (Lipinski definition) is 1. The third kappa shape index (κ3) is 3.05. The van der Waals surface area contributed by atoms with Crippen LogP contribution in [0.3, 0.4) is 0 Å². The minimum atomic E-state index is -0.857. The summed E-state index contributed by atoms with van der Waals surface area (Å²) in [5.41, 5.74) is 1.05. The van der Waals surface area contributed by atoms with E-state index < -0.39 is 11.9 Å². The van der Waals surface area contributed by atoms with Crippen molar-refractivity contribution in [1.82, 2.24) is 24.9 Å². The van der Waals surface area contributed by atoms with Crippen molar-refractivity contribution in [2.45, 2.75) is 25.8 Å². The van der Waals surface area contributed by atoms with Gasteiger partial charge >= 0.3 is 5.97 Å². The molecule has 2 unspecified atom stereocenters. The van der Waals surface area contributed by atoms with Gasteiger partial charge in [0, 0.05) is 18.8 Å². The average molecular weight is 315 g/mol. The summed E-state index contributed by atoms with van der Waals surface area (Å²) in [4.78, 5) is 29.7. The third-order valence-electron chi connectivity index (χ3n) is 4.15. The predicted molar refractivity (Wildman–Crippen MR) is 80.0 cm³/mol. The molecule has 1 aliphatic heterocycles. The van der Waals surface area contributed by atoms with E-state index in [1.165, 1.54) is 10.9 Å². The molecule has 0 aliphatic carbocycles. The summed E-state index contributed by atoms with van der Waals surface area (Å²) in [6, 6.07) is 1.69. The van der Waals surface area contributed by atoms with Gasteiger partial charge in [-0.3, -0.25) is 14.6 Å². The van der Waals surface area contributed by atoms with Crippen molar-refractivity contribution < 1.29 is 14.7 Å². The maximum absolute atomic E-state index is 12.7. The molecule has 3 rings (SSSR count). The molecule has 1 amide bonds. The van der Waals surface area contributed by atoms with Gasteiger partial charge < -0.3 is 10.0 Å². The van der Waals surface area contributed by atoms with E-state index in [0.29, 0.717) is 24.1 Å². The summed E-state index contributed by atoms with van der Waals surface area (Å²) in [5, 5.41) is 16.8. The number of rotatable bonds is 3. The van der Waals surface area contributed by atoms with Crippen LogP contribution in [0.2, 0.25) is 0 Å². The van der Waals surface area contributed by atoms with Crippen molar-refractivity contribution in [3.05, 3.63) is 36.4 Å². The van der Waals surface area contributed by atoms with E-state index in [4.69, 9.17) is 0 Å². The number of aromatic nitrogens is 4. The number of carbonyl (C=O) groups excluding carboxylic acids is 1. The molecule has 1 fully saturated rings. The van der Waals surface area contributed by atoms with Gasteiger partial charge in [0.2, 0.25) is 0 Å². The molecule has 2 atom stereocenters. The summed E-state index contributed by atoms with van der Waals surface area (Å²) in [5.74, 6) is -1.58. The zero-order chi connectivity index (χ0) is 16.4. The van der Waals surface area contributed by atoms with E-state index >= 15 is 0 Å². The van der Waals surface area contributed by atoms with Crippen LogP contribution in [0.25, 0.3) is 5.69 Å². The molecule has 3 heterocycles. The normalized spacial score (nSPS) is 21.2. The molecule has 0 spiro atoms. The molecule has 0 saturated carbocycles. The SMILES string of the molecule is CC1CCC(C(=O)O)CN1C(=O)c1cncc(-n2ccnn2)c1. The van der Waals surface area contributed by atoms with E-state index in [1.54, 1.807) is 29.6 Å². The van der Waals surface area contributed by atoms with Crippen LogP contribution in [0.15, 0.2) is 30.9 Å². The first-order valence-corrected chi connectivity index (χ1v) is 7.42. The summed E-state index contributed by atoms with van der Waals surface area (Å²) < 4.78 is 1.52. The predicted octanol–water partition coefficient (Wildman–Crippen LogP) is 0.988. The molecule has 2 aromatic rings. The fourth-order valence-corrected chi connectivity index (χ4v) is 2.77. The summed E-state index contributed by atoms with van der Waals surface area (Å²) >= 11 is 0. The Morgan fingerprint density at radius 2 is 2.13 bits per heavy atom. The fourth-order valence-electron chi connectivity index (χ4n) is 2.77. The number of likely N-dealkylation sites (tertiary alicyclic amines) is 1. The number of piperidine rings is 1. The quantitative estimate of drug-likeness (QED) is 0.906. The van der Waals surface area contributed by atoms with E-state index in [1.807, 2.05) is 6.92 Å². The smallest absolute Gasteiger partial charge is 0.308 e. The lowest BCUT2D eigenvalue weighted by Gasteiger charge is -2.36. The summed E-state index contributed by atoms with van der Waals surface area (Å²) in [6.45, 7) is 2.16. The van der Waals surface area contributed by atoms with Gasteiger partial charge in [0.25, 0.3) is 5.91 Å². The molecule has 8 nitrogen and oxygen atoms in total. The maximum Gasteiger partial charge on any atom is 0.308 e. The van der Waals surface area contributed by atoms with Crippen LogP contribution >= 0.6 is 0 Å². The number of carboxylic acid groups (broad SMARTS) is 1. The highest BCUT2D eigenvalue weighted by Gasteiger charge is 2.33. The first kappa shape index (κ1) is 15.1. The van der Waals surface area contributed by atoms with Crippen molar-refractivity contribution in [3.8, 4) is 5.69 Å². The second-order valence-corrected chi connectivity index (χ2v) is 5.70. The van der Waals surface area contributed by atoms with Crippen LogP contribution in [0.1, 0.15) is 30.1 Å². The Bertz CT molecular complexity index is 716. The van der Waals surface area contributed by atoms with Gasteiger partial charge in [-0.1, -0.05) is 5.21 Å². The highest BCUT2D eigenvalue weighted by Crippen LogP contribution is 2.24. The van der Waals surface area contributed by atoms with E-state index in [-0.39, 0.29) is 18.5 Å². The van der Waals surface area contributed by atoms with E-state index in [0.717, 1.165) is 0 Å². The second-order valence-electron chi connectivity index (χ2n) is 5.70. The molecule has 1 saturated heterocycles. The largest absolute Gasteiger partial charge is 0.481 e. The first-order valence-electron chi connectivity index (χ1n) is 7.42. The van der Waals surface area contributed by atoms with Gasteiger partial charge in [-0.05, 0) is 25.8 Å². The lowest BCUT2D eigenvalue weighted by molar-refractivity contribution is -0.143. The first-order chi connectivity index (χ1) is 11.1. The van der Waals surface area contributed by atoms with Crippen LogP contribution < -0.4 is 0 Å². The average Bonchev–Trinajstić information content (AvgIpc) is 3.09. The van der Waals surface area contributed by atoms with Gasteiger partial charge in [0.1, 0.15) is 0 Å². The number of pyridine rings is 1. The molecular formula is C15H17N5O3. The Labute approximate surface area is 132 Å². The van der Waals surface area contributed by atoms with Gasteiger partial charge in [-0.15, -0.1) is 5.10 Å². The monoisotopic (exact) mass is 315 g/mol. The molecule has 2 aromatic heterocycles. The van der Waals surface area contributed by atoms with E-state index in [2.05, 4.69) is 15.3 Å². The van der Waals surface area contributed by atoms with Crippen LogP contribution in [-0.2, 0) is 4.79 Å². The lowest BCUT2D eigenvalue weighted by Crippen LogP contribution is -2.47. The number of carboxylic acids is 1. The maximum atomic E-state index is 12.7. The Balaban J connectivity index is 1.84. The molecule has 23 heavy (non-hydrogen) atoms. The van der Waals surface area contributed by atoms with Crippen molar-refractivity contribution >= 4 is 11.9 Å². The molecule has 1 N–H and O–H groups in total. The molecule has 8 heteroatoms. The van der Waals surface area contributed by atoms with Crippen molar-refractivity contribution in [3.63, 3.8) is 0 Å². The molecule has 0 bridgehead atoms. The van der Waals surface area contributed by atoms with Crippen LogP contribution in [0.4, 0.5) is 0 Å². The molecule has 1 aliphatic rings. The molecule has 0 radical (unpaired) electrons. The number of aliphatic carboxylic acids is 1. The molecule has 120 valence electrons. The Kier molecular flexibility index (Phi) is 4.05. The highest BCUT2D eigenvalue weighted by molar-refractivity contribution is 5.95. The summed E-state index contributed by atoms with van der Waals surface area (Å²) in [7, 11) is 0. The van der Waals surface area contributed by atoms with Crippen LogP contribution in [0.5, 0.6) is 0 Å². The fraction of sp³-hybridized carbons (Fsp3) is 0.400. The topological polar surface area (TPSA) is 101 Å². The zero-order valence-corrected chi connectivity index (χ0v) is 12.7. The number of carbonyl (C=O) groups is 2. The second kappa shape index (κ2) is 6.15. The number of amides is 1. The molecular weight excluding hydrogens is 298 g/mol. The Morgan fingerprint density at radius 3 is 2.83 bits per heavy atom. The highest BCUT2D eigenvalue weighted by atomic mass is 16.4. The zero-order valence-electron chi connectivity index (χ0n) is 12.7. The van der Waals surface area contributed by atoms with Crippen molar-refractivity contribution in [2.24, 2.45) is 5.92 Å². The Hall–Kier alpha value is -2.77. The number of hydrogen-bond acceptors (Lipinski definition) is 5.